The zero-order valence-corrected chi connectivity index (χ0v) is 18.0. The normalized spacial score (nSPS) is 15.6. The lowest BCUT2D eigenvalue weighted by Crippen LogP contribution is -2.41. The van der Waals surface area contributed by atoms with Crippen molar-refractivity contribution in [3.8, 4) is 21.9 Å². The summed E-state index contributed by atoms with van der Waals surface area (Å²) < 4.78 is 25.9. The summed E-state index contributed by atoms with van der Waals surface area (Å²) in [6.45, 7) is 3.47. The molecule has 160 valence electrons. The number of Topliss-reactive ketones (excluding diaryl/α,β-unsaturated/α-hetero) is 1. The average Bonchev–Trinajstić information content (AvgIpc) is 3.39. The van der Waals surface area contributed by atoms with Gasteiger partial charge >= 0.3 is 0 Å². The molecule has 1 aliphatic heterocycles. The minimum Gasteiger partial charge on any atom is -0.487 e. The number of amides is 1. The van der Waals surface area contributed by atoms with Crippen molar-refractivity contribution in [2.75, 3.05) is 6.54 Å². The number of carbonyl (C=O) groups is 2. The maximum Gasteiger partial charge on any atom is 0.260 e. The Bertz CT molecular complexity index is 1110. The molecule has 0 aliphatic carbocycles. The van der Waals surface area contributed by atoms with Gasteiger partial charge in [0.1, 0.15) is 23.4 Å². The van der Waals surface area contributed by atoms with Crippen LogP contribution in [0.15, 0.2) is 54.6 Å². The number of halogens is 1. The maximum absolute atomic E-state index is 14.2. The van der Waals surface area contributed by atoms with Gasteiger partial charge in [0.2, 0.25) is 0 Å². The second kappa shape index (κ2) is 8.89. The van der Waals surface area contributed by atoms with Gasteiger partial charge in [0, 0.05) is 22.4 Å². The summed E-state index contributed by atoms with van der Waals surface area (Å²) in [6.07, 6.45) is -0.481. The zero-order valence-electron chi connectivity index (χ0n) is 17.2. The van der Waals surface area contributed by atoms with Gasteiger partial charge < -0.3 is 14.8 Å². The minimum absolute atomic E-state index is 0.0300. The fraction of sp³-hybridized carbons (Fsp3) is 0.250. The molecule has 0 radical (unpaired) electrons. The highest BCUT2D eigenvalue weighted by Gasteiger charge is 2.28. The molecule has 0 saturated carbocycles. The highest BCUT2D eigenvalue weighted by atomic mass is 32.1. The summed E-state index contributed by atoms with van der Waals surface area (Å²) in [5.41, 5.74) is 1.38. The van der Waals surface area contributed by atoms with Gasteiger partial charge in [-0.15, -0.1) is 11.3 Å². The fourth-order valence-corrected chi connectivity index (χ4v) is 4.39. The number of hydrogen-bond donors (Lipinski definition) is 1. The van der Waals surface area contributed by atoms with Crippen molar-refractivity contribution in [2.45, 2.75) is 32.5 Å². The van der Waals surface area contributed by atoms with Gasteiger partial charge in [-0.3, -0.25) is 9.59 Å². The van der Waals surface area contributed by atoms with Gasteiger partial charge in [-0.25, -0.2) is 4.39 Å². The number of thiophene rings is 1. The van der Waals surface area contributed by atoms with Crippen LogP contribution in [0.25, 0.3) is 10.4 Å². The molecule has 2 unspecified atom stereocenters. The standard InChI is InChI=1S/C24H22FNO4S/c1-14(27)21-8-9-22(31-21)20-12-17(25)10-16-11-19(30-23(16)20)13-26-24(28)15(2)29-18-6-4-3-5-7-18/h3-10,12,15,19H,11,13H2,1-2H3,(H,26,28). The van der Waals surface area contributed by atoms with Crippen LogP contribution in [0.3, 0.4) is 0 Å². The number of benzene rings is 2. The van der Waals surface area contributed by atoms with Crippen molar-refractivity contribution in [3.63, 3.8) is 0 Å². The Hall–Kier alpha value is -3.19. The van der Waals surface area contributed by atoms with Crippen molar-refractivity contribution in [1.82, 2.24) is 5.32 Å². The maximum atomic E-state index is 14.2. The van der Waals surface area contributed by atoms with E-state index in [4.69, 9.17) is 9.47 Å². The number of fused-ring (bicyclic) bond motifs is 1. The first-order chi connectivity index (χ1) is 14.9. The summed E-state index contributed by atoms with van der Waals surface area (Å²) in [6, 6.07) is 15.6. The second-order valence-electron chi connectivity index (χ2n) is 7.42. The summed E-state index contributed by atoms with van der Waals surface area (Å²) in [5.74, 6) is 0.586. The molecule has 7 heteroatoms. The van der Waals surface area contributed by atoms with E-state index in [2.05, 4.69) is 5.32 Å². The molecule has 1 amide bonds. The van der Waals surface area contributed by atoms with E-state index in [1.807, 2.05) is 18.2 Å². The second-order valence-corrected chi connectivity index (χ2v) is 8.51. The Morgan fingerprint density at radius 1 is 1.23 bits per heavy atom. The van der Waals surface area contributed by atoms with Gasteiger partial charge in [-0.1, -0.05) is 18.2 Å². The van der Waals surface area contributed by atoms with Gasteiger partial charge in [0.25, 0.3) is 5.91 Å². The van der Waals surface area contributed by atoms with Crippen LogP contribution in [0.1, 0.15) is 29.1 Å². The molecule has 5 nitrogen and oxygen atoms in total. The van der Waals surface area contributed by atoms with Gasteiger partial charge in [0.15, 0.2) is 11.9 Å². The summed E-state index contributed by atoms with van der Waals surface area (Å²) in [7, 11) is 0. The van der Waals surface area contributed by atoms with Crippen molar-refractivity contribution in [1.29, 1.82) is 0 Å². The van der Waals surface area contributed by atoms with Crippen LogP contribution in [-0.2, 0) is 11.2 Å². The number of para-hydroxylation sites is 1. The predicted octanol–water partition coefficient (Wildman–Crippen LogP) is 4.64. The van der Waals surface area contributed by atoms with Crippen molar-refractivity contribution < 1.29 is 23.5 Å². The monoisotopic (exact) mass is 439 g/mol. The Balaban J connectivity index is 1.41. The van der Waals surface area contributed by atoms with E-state index in [0.29, 0.717) is 28.4 Å². The third-order valence-corrected chi connectivity index (χ3v) is 6.23. The van der Waals surface area contributed by atoms with Crippen LogP contribution in [-0.4, -0.2) is 30.4 Å². The van der Waals surface area contributed by atoms with Crippen molar-refractivity contribution in [2.24, 2.45) is 0 Å². The van der Waals surface area contributed by atoms with Gasteiger partial charge in [0.05, 0.1) is 11.4 Å². The molecule has 0 bridgehead atoms. The van der Waals surface area contributed by atoms with Crippen LogP contribution >= 0.6 is 11.3 Å². The van der Waals surface area contributed by atoms with E-state index in [1.54, 1.807) is 31.2 Å². The molecule has 0 fully saturated rings. The molecule has 1 aliphatic rings. The Labute approximate surface area is 183 Å². The molecule has 1 aromatic heterocycles. The molecule has 4 rings (SSSR count). The summed E-state index contributed by atoms with van der Waals surface area (Å²) in [5, 5.41) is 2.85. The van der Waals surface area contributed by atoms with E-state index < -0.39 is 6.10 Å². The molecule has 0 saturated heterocycles. The smallest absolute Gasteiger partial charge is 0.260 e. The van der Waals surface area contributed by atoms with E-state index in [9.17, 15) is 14.0 Å². The zero-order chi connectivity index (χ0) is 22.0. The first-order valence-electron chi connectivity index (χ1n) is 10.0. The highest BCUT2D eigenvalue weighted by Crippen LogP contribution is 2.42. The van der Waals surface area contributed by atoms with Crippen LogP contribution in [0.5, 0.6) is 11.5 Å². The van der Waals surface area contributed by atoms with E-state index in [0.717, 1.165) is 10.4 Å². The minimum atomic E-state index is -0.657. The third kappa shape index (κ3) is 4.77. The number of carbonyl (C=O) groups excluding carboxylic acids is 2. The first kappa shape index (κ1) is 21.1. The topological polar surface area (TPSA) is 64.6 Å². The quantitative estimate of drug-likeness (QED) is 0.545. The molecule has 2 atom stereocenters. The van der Waals surface area contributed by atoms with Crippen LogP contribution < -0.4 is 14.8 Å². The van der Waals surface area contributed by atoms with E-state index in [-0.39, 0.29) is 30.2 Å². The molecule has 1 N–H and O–H groups in total. The summed E-state index contributed by atoms with van der Waals surface area (Å²) in [4.78, 5) is 25.4. The molecular weight excluding hydrogens is 417 g/mol. The molecule has 2 aromatic carbocycles. The Kier molecular flexibility index (Phi) is 6.04. The van der Waals surface area contributed by atoms with Crippen molar-refractivity contribution >= 4 is 23.0 Å². The lowest BCUT2D eigenvalue weighted by atomic mass is 10.0. The highest BCUT2D eigenvalue weighted by molar-refractivity contribution is 7.17. The molecule has 2 heterocycles. The van der Waals surface area contributed by atoms with Crippen LogP contribution in [0.2, 0.25) is 0 Å². The van der Waals surface area contributed by atoms with E-state index >= 15 is 0 Å². The largest absolute Gasteiger partial charge is 0.487 e. The Morgan fingerprint density at radius 2 is 2.00 bits per heavy atom. The number of hydrogen-bond acceptors (Lipinski definition) is 5. The van der Waals surface area contributed by atoms with Crippen LogP contribution in [0.4, 0.5) is 4.39 Å². The lowest BCUT2D eigenvalue weighted by molar-refractivity contribution is -0.127. The number of rotatable bonds is 7. The Morgan fingerprint density at radius 3 is 2.71 bits per heavy atom. The fourth-order valence-electron chi connectivity index (χ4n) is 3.48. The van der Waals surface area contributed by atoms with Crippen molar-refractivity contribution in [3.05, 3.63) is 70.9 Å². The molecule has 0 spiro atoms. The average molecular weight is 440 g/mol. The summed E-state index contributed by atoms with van der Waals surface area (Å²) >= 11 is 1.31. The molecule has 31 heavy (non-hydrogen) atoms. The van der Waals surface area contributed by atoms with Gasteiger partial charge in [-0.05, 0) is 50.2 Å². The molecular formula is C24H22FNO4S. The first-order valence-corrected chi connectivity index (χ1v) is 10.8. The SMILES string of the molecule is CC(=O)c1ccc(-c2cc(F)cc3c2OC(CNC(=O)C(C)Oc2ccccc2)C3)s1. The van der Waals surface area contributed by atoms with Crippen LogP contribution in [0, 0.1) is 5.82 Å². The predicted molar refractivity (Wildman–Crippen MR) is 117 cm³/mol. The lowest BCUT2D eigenvalue weighted by Gasteiger charge is -2.17. The van der Waals surface area contributed by atoms with E-state index in [1.165, 1.54) is 30.4 Å². The molecule has 3 aromatic rings. The number of ketones is 1. The number of ether oxygens (including phenoxy) is 2. The number of nitrogens with one attached hydrogen (secondary N) is 1. The van der Waals surface area contributed by atoms with Gasteiger partial charge in [-0.2, -0.15) is 0 Å². The third-order valence-electron chi connectivity index (χ3n) is 5.01.